The second kappa shape index (κ2) is 7.21. The lowest BCUT2D eigenvalue weighted by Gasteiger charge is -2.31. The minimum absolute atomic E-state index is 0.365. The predicted molar refractivity (Wildman–Crippen MR) is 90.8 cm³/mol. The summed E-state index contributed by atoms with van der Waals surface area (Å²) in [5.41, 5.74) is 1.01. The standard InChI is InChI=1S/C16H13Br2ClF2/c17-9-16(10-18,12-1-3-13(19)4-2-12)8-11-7-14(20)5-6-15(11)21/h1-7H,8-10H2. The van der Waals surface area contributed by atoms with Crippen LogP contribution in [-0.2, 0) is 11.8 Å². The Labute approximate surface area is 144 Å². The van der Waals surface area contributed by atoms with Gasteiger partial charge in [-0.15, -0.1) is 0 Å². The van der Waals surface area contributed by atoms with E-state index < -0.39 is 11.6 Å². The topological polar surface area (TPSA) is 0 Å². The molecule has 0 saturated heterocycles. The zero-order valence-electron chi connectivity index (χ0n) is 11.1. The molecule has 0 aliphatic carbocycles. The van der Waals surface area contributed by atoms with Crippen LogP contribution in [0.2, 0.25) is 5.02 Å². The van der Waals surface area contributed by atoms with Gasteiger partial charge in [-0.3, -0.25) is 0 Å². The molecule has 0 bridgehead atoms. The summed E-state index contributed by atoms with van der Waals surface area (Å²) in [4.78, 5) is 0. The maximum Gasteiger partial charge on any atom is 0.126 e. The Morgan fingerprint density at radius 1 is 0.952 bits per heavy atom. The van der Waals surface area contributed by atoms with E-state index in [9.17, 15) is 8.78 Å². The van der Waals surface area contributed by atoms with Crippen LogP contribution in [0, 0.1) is 11.6 Å². The molecule has 0 radical (unpaired) electrons. The molecule has 5 heteroatoms. The normalized spacial score (nSPS) is 11.7. The predicted octanol–water partition coefficient (Wildman–Crippen LogP) is 5.89. The van der Waals surface area contributed by atoms with Crippen molar-refractivity contribution in [2.24, 2.45) is 0 Å². The van der Waals surface area contributed by atoms with Gasteiger partial charge >= 0.3 is 0 Å². The molecule has 0 saturated carbocycles. The molecular formula is C16H13Br2ClF2. The third kappa shape index (κ3) is 3.85. The van der Waals surface area contributed by atoms with Crippen LogP contribution in [0.25, 0.3) is 0 Å². The lowest BCUT2D eigenvalue weighted by atomic mass is 9.79. The van der Waals surface area contributed by atoms with Gasteiger partial charge < -0.3 is 0 Å². The Hall–Kier alpha value is -0.450. The molecule has 0 spiro atoms. The molecule has 21 heavy (non-hydrogen) atoms. The molecule has 0 N–H and O–H groups in total. The molecule has 0 amide bonds. The number of halogens is 5. The Kier molecular flexibility index (Phi) is 5.81. The summed E-state index contributed by atoms with van der Waals surface area (Å²) >= 11 is 12.9. The van der Waals surface area contributed by atoms with Crippen molar-refractivity contribution >= 4 is 43.5 Å². The van der Waals surface area contributed by atoms with Crippen molar-refractivity contribution in [3.63, 3.8) is 0 Å². The SMILES string of the molecule is Fc1ccc(F)c(CC(CBr)(CBr)c2ccc(Cl)cc2)c1. The lowest BCUT2D eigenvalue weighted by molar-refractivity contribution is 0.516. The van der Waals surface area contributed by atoms with E-state index in [0.717, 1.165) is 11.6 Å². The van der Waals surface area contributed by atoms with Gasteiger partial charge in [0, 0.05) is 21.1 Å². The molecule has 2 rings (SSSR count). The van der Waals surface area contributed by atoms with E-state index in [1.54, 1.807) is 12.1 Å². The zero-order chi connectivity index (χ0) is 15.5. The van der Waals surface area contributed by atoms with Crippen molar-refractivity contribution < 1.29 is 8.78 Å². The fourth-order valence-corrected chi connectivity index (χ4v) is 4.33. The van der Waals surface area contributed by atoms with Crippen molar-refractivity contribution in [2.45, 2.75) is 11.8 Å². The number of hydrogen-bond donors (Lipinski definition) is 0. The molecule has 0 fully saturated rings. The van der Waals surface area contributed by atoms with E-state index in [4.69, 9.17) is 11.6 Å². The molecular weight excluding hydrogens is 425 g/mol. The van der Waals surface area contributed by atoms with Crippen LogP contribution in [-0.4, -0.2) is 10.7 Å². The van der Waals surface area contributed by atoms with E-state index in [2.05, 4.69) is 31.9 Å². The van der Waals surface area contributed by atoms with Crippen LogP contribution in [0.5, 0.6) is 0 Å². The summed E-state index contributed by atoms with van der Waals surface area (Å²) < 4.78 is 27.3. The van der Waals surface area contributed by atoms with Crippen LogP contribution in [0.3, 0.4) is 0 Å². The van der Waals surface area contributed by atoms with Gasteiger partial charge in [0.1, 0.15) is 11.6 Å². The first kappa shape index (κ1) is 16.9. The minimum atomic E-state index is -0.430. The van der Waals surface area contributed by atoms with E-state index in [1.165, 1.54) is 12.1 Å². The minimum Gasteiger partial charge on any atom is -0.207 e. The largest absolute Gasteiger partial charge is 0.207 e. The average molecular weight is 439 g/mol. The van der Waals surface area contributed by atoms with Gasteiger partial charge in [0.05, 0.1) is 0 Å². The Bertz CT molecular complexity index is 610. The smallest absolute Gasteiger partial charge is 0.126 e. The van der Waals surface area contributed by atoms with E-state index in [0.29, 0.717) is 27.7 Å². The molecule has 2 aromatic carbocycles. The Balaban J connectivity index is 2.42. The lowest BCUT2D eigenvalue weighted by Crippen LogP contribution is -2.33. The molecule has 2 aromatic rings. The first-order chi connectivity index (χ1) is 10.0. The van der Waals surface area contributed by atoms with Gasteiger partial charge in [0.25, 0.3) is 0 Å². The highest BCUT2D eigenvalue weighted by molar-refractivity contribution is 9.09. The van der Waals surface area contributed by atoms with E-state index >= 15 is 0 Å². The van der Waals surface area contributed by atoms with Gasteiger partial charge in [0.15, 0.2) is 0 Å². The van der Waals surface area contributed by atoms with Gasteiger partial charge in [-0.2, -0.15) is 0 Å². The van der Waals surface area contributed by atoms with Crippen molar-refractivity contribution in [3.05, 3.63) is 70.2 Å². The summed E-state index contributed by atoms with van der Waals surface area (Å²) in [6.07, 6.45) is 0.384. The second-order valence-electron chi connectivity index (χ2n) is 4.97. The summed E-state index contributed by atoms with van der Waals surface area (Å²) in [5, 5.41) is 1.87. The Morgan fingerprint density at radius 2 is 1.57 bits per heavy atom. The number of hydrogen-bond acceptors (Lipinski definition) is 0. The molecule has 112 valence electrons. The fraction of sp³-hybridized carbons (Fsp3) is 0.250. The van der Waals surface area contributed by atoms with Crippen LogP contribution in [0.4, 0.5) is 8.78 Å². The van der Waals surface area contributed by atoms with Crippen LogP contribution in [0.15, 0.2) is 42.5 Å². The summed E-state index contributed by atoms with van der Waals surface area (Å²) in [6.45, 7) is 0. The van der Waals surface area contributed by atoms with Gasteiger partial charge in [-0.05, 0) is 47.9 Å². The second-order valence-corrected chi connectivity index (χ2v) is 6.52. The molecule has 0 atom stereocenters. The van der Waals surface area contributed by atoms with E-state index in [1.807, 2.05) is 12.1 Å². The molecule has 0 heterocycles. The third-order valence-corrected chi connectivity index (χ3v) is 5.90. The van der Waals surface area contributed by atoms with Gasteiger partial charge in [0.2, 0.25) is 0 Å². The number of benzene rings is 2. The maximum absolute atomic E-state index is 13.9. The van der Waals surface area contributed by atoms with Crippen molar-refractivity contribution in [1.29, 1.82) is 0 Å². The van der Waals surface area contributed by atoms with Gasteiger partial charge in [-0.25, -0.2) is 8.78 Å². The average Bonchev–Trinajstić information content (AvgIpc) is 2.49. The van der Waals surface area contributed by atoms with Crippen molar-refractivity contribution in [2.75, 3.05) is 10.7 Å². The van der Waals surface area contributed by atoms with E-state index in [-0.39, 0.29) is 5.41 Å². The summed E-state index contributed by atoms with van der Waals surface area (Å²) in [6, 6.07) is 11.0. The van der Waals surface area contributed by atoms with Crippen LogP contribution in [0.1, 0.15) is 11.1 Å². The Morgan fingerprint density at radius 3 is 2.14 bits per heavy atom. The highest BCUT2D eigenvalue weighted by Crippen LogP contribution is 2.34. The number of alkyl halides is 2. The molecule has 0 aromatic heterocycles. The number of rotatable bonds is 5. The quantitative estimate of drug-likeness (QED) is 0.511. The first-order valence-electron chi connectivity index (χ1n) is 6.33. The van der Waals surface area contributed by atoms with Crippen LogP contribution < -0.4 is 0 Å². The molecule has 0 aliphatic heterocycles. The molecule has 0 aliphatic rings. The van der Waals surface area contributed by atoms with Crippen LogP contribution >= 0.6 is 43.5 Å². The van der Waals surface area contributed by atoms with Crippen molar-refractivity contribution in [1.82, 2.24) is 0 Å². The molecule has 0 unspecified atom stereocenters. The van der Waals surface area contributed by atoms with Crippen molar-refractivity contribution in [3.8, 4) is 0 Å². The fourth-order valence-electron chi connectivity index (χ4n) is 2.23. The maximum atomic E-state index is 13.9. The van der Waals surface area contributed by atoms with Gasteiger partial charge in [-0.1, -0.05) is 55.6 Å². The first-order valence-corrected chi connectivity index (χ1v) is 8.95. The zero-order valence-corrected chi connectivity index (χ0v) is 15.0. The summed E-state index contributed by atoms with van der Waals surface area (Å²) in [7, 11) is 0. The summed E-state index contributed by atoms with van der Waals surface area (Å²) in [5.74, 6) is -0.822. The molecule has 0 nitrogen and oxygen atoms in total. The highest BCUT2D eigenvalue weighted by Gasteiger charge is 2.31. The third-order valence-electron chi connectivity index (χ3n) is 3.50. The highest BCUT2D eigenvalue weighted by atomic mass is 79.9. The monoisotopic (exact) mass is 436 g/mol.